The molecule has 92 valence electrons. The van der Waals surface area contributed by atoms with Gasteiger partial charge in [-0.2, -0.15) is 0 Å². The van der Waals surface area contributed by atoms with Crippen molar-refractivity contribution < 1.29 is 9.90 Å². The van der Waals surface area contributed by atoms with Crippen LogP contribution in [-0.2, 0) is 4.79 Å². The van der Waals surface area contributed by atoms with E-state index in [0.717, 1.165) is 12.8 Å². The molecule has 0 radical (unpaired) electrons. The molecule has 4 heteroatoms. The van der Waals surface area contributed by atoms with Gasteiger partial charge in [-0.1, -0.05) is 13.8 Å². The van der Waals surface area contributed by atoms with Crippen molar-refractivity contribution in [1.82, 2.24) is 5.32 Å². The Kier molecular flexibility index (Phi) is 6.78. The van der Waals surface area contributed by atoms with Crippen LogP contribution in [0.15, 0.2) is 0 Å². The number of terminal acetylenes is 1. The van der Waals surface area contributed by atoms with E-state index >= 15 is 0 Å². The number of hydrogen-bond acceptors (Lipinski definition) is 3. The second-order valence-corrected chi connectivity index (χ2v) is 4.72. The van der Waals surface area contributed by atoms with Gasteiger partial charge < -0.3 is 16.2 Å². The van der Waals surface area contributed by atoms with Crippen molar-refractivity contribution in [3.63, 3.8) is 0 Å². The summed E-state index contributed by atoms with van der Waals surface area (Å²) in [5.41, 5.74) is 5.53. The summed E-state index contributed by atoms with van der Waals surface area (Å²) < 4.78 is 0. The van der Waals surface area contributed by atoms with Gasteiger partial charge in [0.1, 0.15) is 0 Å². The molecule has 0 aliphatic heterocycles. The van der Waals surface area contributed by atoms with Gasteiger partial charge in [0.05, 0.1) is 6.04 Å². The van der Waals surface area contributed by atoms with Crippen molar-refractivity contribution in [2.75, 3.05) is 13.2 Å². The number of aliphatic hydroxyl groups excluding tert-OH is 1. The normalized spacial score (nSPS) is 12.9. The molecule has 0 saturated heterocycles. The predicted octanol–water partition coefficient (Wildman–Crippen LogP) is 0.252. The molecule has 1 atom stereocenters. The maximum Gasteiger partial charge on any atom is 0.237 e. The average molecular weight is 226 g/mol. The highest BCUT2D eigenvalue weighted by atomic mass is 16.2. The summed E-state index contributed by atoms with van der Waals surface area (Å²) in [4.78, 5) is 11.5. The Hall–Kier alpha value is -1.05. The Labute approximate surface area is 97.6 Å². The van der Waals surface area contributed by atoms with Crippen LogP contribution in [0.4, 0.5) is 0 Å². The number of nitrogens with two attached hydrogens (primary N) is 1. The van der Waals surface area contributed by atoms with Gasteiger partial charge in [-0.25, -0.2) is 0 Å². The highest BCUT2D eigenvalue weighted by Gasteiger charge is 2.20. The largest absolute Gasteiger partial charge is 0.396 e. The number of hydrogen-bond donors (Lipinski definition) is 3. The van der Waals surface area contributed by atoms with Gasteiger partial charge >= 0.3 is 0 Å². The highest BCUT2D eigenvalue weighted by Crippen LogP contribution is 2.20. The zero-order valence-electron chi connectivity index (χ0n) is 10.1. The first kappa shape index (κ1) is 14.9. The Bertz CT molecular complexity index is 256. The van der Waals surface area contributed by atoms with Crippen molar-refractivity contribution in [2.45, 2.75) is 39.2 Å². The summed E-state index contributed by atoms with van der Waals surface area (Å²) in [6.45, 7) is 4.80. The van der Waals surface area contributed by atoms with Crippen LogP contribution in [0.5, 0.6) is 0 Å². The predicted molar refractivity (Wildman–Crippen MR) is 64.5 cm³/mol. The van der Waals surface area contributed by atoms with Crippen molar-refractivity contribution >= 4 is 5.91 Å². The molecule has 0 aliphatic carbocycles. The summed E-state index contributed by atoms with van der Waals surface area (Å²) in [6, 6.07) is -0.626. The van der Waals surface area contributed by atoms with Gasteiger partial charge in [0.15, 0.2) is 0 Å². The van der Waals surface area contributed by atoms with Crippen LogP contribution >= 0.6 is 0 Å². The third-order valence-electron chi connectivity index (χ3n) is 2.43. The zero-order chi connectivity index (χ0) is 12.6. The quantitative estimate of drug-likeness (QED) is 0.545. The maximum atomic E-state index is 11.5. The van der Waals surface area contributed by atoms with Crippen LogP contribution in [0.2, 0.25) is 0 Å². The fraction of sp³-hybridized carbons (Fsp3) is 0.750. The molecule has 1 unspecified atom stereocenters. The molecular weight excluding hydrogens is 204 g/mol. The van der Waals surface area contributed by atoms with E-state index < -0.39 is 6.04 Å². The zero-order valence-corrected chi connectivity index (χ0v) is 10.1. The Morgan fingerprint density at radius 3 is 2.75 bits per heavy atom. The van der Waals surface area contributed by atoms with Crippen LogP contribution in [0.1, 0.15) is 33.1 Å². The Morgan fingerprint density at radius 2 is 2.25 bits per heavy atom. The number of aliphatic hydroxyl groups is 1. The van der Waals surface area contributed by atoms with E-state index in [4.69, 9.17) is 17.3 Å². The SMILES string of the molecule is C#CCC(N)C(=O)NCC(C)(C)CCCO. The molecule has 4 nitrogen and oxygen atoms in total. The van der Waals surface area contributed by atoms with Gasteiger partial charge in [0.25, 0.3) is 0 Å². The van der Waals surface area contributed by atoms with Gasteiger partial charge in [-0.3, -0.25) is 4.79 Å². The summed E-state index contributed by atoms with van der Waals surface area (Å²) in [5.74, 6) is 2.15. The summed E-state index contributed by atoms with van der Waals surface area (Å²) in [7, 11) is 0. The monoisotopic (exact) mass is 226 g/mol. The first-order valence-corrected chi connectivity index (χ1v) is 5.50. The molecule has 16 heavy (non-hydrogen) atoms. The first-order chi connectivity index (χ1) is 7.43. The van der Waals surface area contributed by atoms with Crippen LogP contribution in [-0.4, -0.2) is 30.2 Å². The molecule has 0 aromatic carbocycles. The van der Waals surface area contributed by atoms with Crippen molar-refractivity contribution in [1.29, 1.82) is 0 Å². The lowest BCUT2D eigenvalue weighted by Crippen LogP contribution is -2.43. The number of amides is 1. The molecule has 4 N–H and O–H groups in total. The third kappa shape index (κ3) is 6.44. The molecule has 0 rings (SSSR count). The van der Waals surface area contributed by atoms with Gasteiger partial charge in [0.2, 0.25) is 5.91 Å². The average Bonchev–Trinajstić information content (AvgIpc) is 2.23. The Morgan fingerprint density at radius 1 is 1.62 bits per heavy atom. The van der Waals surface area contributed by atoms with Crippen LogP contribution in [0, 0.1) is 17.8 Å². The molecule has 0 aliphatic rings. The molecule has 0 aromatic rings. The standard InChI is InChI=1S/C12H22N2O2/c1-4-6-10(13)11(16)14-9-12(2,3)7-5-8-15/h1,10,15H,5-9,13H2,2-3H3,(H,14,16). The summed E-state index contributed by atoms with van der Waals surface area (Å²) in [6.07, 6.45) is 6.92. The molecule has 0 aromatic heterocycles. The Balaban J connectivity index is 3.94. The maximum absolute atomic E-state index is 11.5. The highest BCUT2D eigenvalue weighted by molar-refractivity contribution is 5.81. The van der Waals surface area contributed by atoms with E-state index in [1.165, 1.54) is 0 Å². The molecule has 0 saturated carbocycles. The topological polar surface area (TPSA) is 75.4 Å². The second-order valence-electron chi connectivity index (χ2n) is 4.72. The molecule has 0 heterocycles. The van der Waals surface area contributed by atoms with Crippen LogP contribution in [0.25, 0.3) is 0 Å². The number of rotatable bonds is 7. The van der Waals surface area contributed by atoms with Gasteiger partial charge in [0, 0.05) is 19.6 Å². The van der Waals surface area contributed by atoms with Crippen molar-refractivity contribution in [3.05, 3.63) is 0 Å². The third-order valence-corrected chi connectivity index (χ3v) is 2.43. The van der Waals surface area contributed by atoms with E-state index in [9.17, 15) is 4.79 Å². The lowest BCUT2D eigenvalue weighted by molar-refractivity contribution is -0.122. The van der Waals surface area contributed by atoms with E-state index in [1.54, 1.807) is 0 Å². The summed E-state index contributed by atoms with van der Waals surface area (Å²) >= 11 is 0. The second kappa shape index (κ2) is 7.26. The van der Waals surface area contributed by atoms with Crippen LogP contribution in [0.3, 0.4) is 0 Å². The lowest BCUT2D eigenvalue weighted by Gasteiger charge is -2.25. The lowest BCUT2D eigenvalue weighted by atomic mass is 9.88. The van der Waals surface area contributed by atoms with Crippen molar-refractivity contribution in [3.8, 4) is 12.3 Å². The fourth-order valence-electron chi connectivity index (χ4n) is 1.32. The minimum Gasteiger partial charge on any atom is -0.396 e. The van der Waals surface area contributed by atoms with E-state index in [2.05, 4.69) is 11.2 Å². The van der Waals surface area contributed by atoms with Crippen LogP contribution < -0.4 is 11.1 Å². The van der Waals surface area contributed by atoms with Gasteiger partial charge in [-0.15, -0.1) is 12.3 Å². The number of carbonyl (C=O) groups is 1. The summed E-state index contributed by atoms with van der Waals surface area (Å²) in [5, 5.41) is 11.5. The van der Waals surface area contributed by atoms with E-state index in [1.807, 2.05) is 13.8 Å². The number of carbonyl (C=O) groups excluding carboxylic acids is 1. The molecule has 0 spiro atoms. The molecule has 0 bridgehead atoms. The van der Waals surface area contributed by atoms with E-state index in [0.29, 0.717) is 6.54 Å². The van der Waals surface area contributed by atoms with Gasteiger partial charge in [-0.05, 0) is 18.3 Å². The smallest absolute Gasteiger partial charge is 0.237 e. The minimum absolute atomic E-state index is 0.0335. The molecule has 1 amide bonds. The first-order valence-electron chi connectivity index (χ1n) is 5.50. The molecular formula is C12H22N2O2. The van der Waals surface area contributed by atoms with Crippen molar-refractivity contribution in [2.24, 2.45) is 11.1 Å². The minimum atomic E-state index is -0.626. The number of nitrogens with one attached hydrogen (secondary N) is 1. The molecule has 0 fully saturated rings. The fourth-order valence-corrected chi connectivity index (χ4v) is 1.32. The van der Waals surface area contributed by atoms with E-state index in [-0.39, 0.29) is 24.3 Å².